The Morgan fingerprint density at radius 3 is 2.34 bits per heavy atom. The van der Waals surface area contributed by atoms with Gasteiger partial charge in [0, 0.05) is 19.3 Å². The molecule has 1 aromatic carbocycles. The van der Waals surface area contributed by atoms with Gasteiger partial charge in [0.2, 0.25) is 0 Å². The van der Waals surface area contributed by atoms with E-state index in [1.165, 1.54) is 13.1 Å². The van der Waals surface area contributed by atoms with Gasteiger partial charge in [-0.3, -0.25) is 9.79 Å². The number of alkyl halides is 2. The van der Waals surface area contributed by atoms with Crippen LogP contribution in [0.3, 0.4) is 0 Å². The van der Waals surface area contributed by atoms with Gasteiger partial charge in [0.25, 0.3) is 12.3 Å². The van der Waals surface area contributed by atoms with Crippen molar-refractivity contribution >= 4 is 28.1 Å². The normalized spacial score (nSPS) is 14.9. The van der Waals surface area contributed by atoms with Crippen molar-refractivity contribution in [2.45, 2.75) is 32.1 Å². The number of carbonyl (C=O) groups is 1. The minimum atomic E-state index is -2.67. The second kappa shape index (κ2) is 13.6. The summed E-state index contributed by atoms with van der Waals surface area (Å²) in [5.41, 5.74) is 15.5. The Hall–Kier alpha value is -3.19. The molecule has 2 heterocycles. The van der Waals surface area contributed by atoms with Crippen LogP contribution in [0.1, 0.15) is 36.2 Å². The number of nitrogens with two attached hydrogens (primary N) is 3. The number of carbonyl (C=O) groups excluding carboxylic acids is 1. The Morgan fingerprint density at radius 2 is 1.80 bits per heavy atom. The number of thiazole rings is 1. The van der Waals surface area contributed by atoms with Gasteiger partial charge in [0.05, 0.1) is 11.3 Å². The zero-order valence-electron chi connectivity index (χ0n) is 19.2. The van der Waals surface area contributed by atoms with E-state index in [0.717, 1.165) is 55.4 Å². The number of anilines is 1. The van der Waals surface area contributed by atoms with Crippen molar-refractivity contribution in [3.63, 3.8) is 0 Å². The molecule has 3 rings (SSSR count). The second-order valence-corrected chi connectivity index (χ2v) is 8.35. The third-order valence-corrected chi connectivity index (χ3v) is 5.89. The molecule has 35 heavy (non-hydrogen) atoms. The van der Waals surface area contributed by atoms with Crippen molar-refractivity contribution in [2.75, 3.05) is 32.4 Å². The smallest absolute Gasteiger partial charge is 0.277 e. The maximum atomic E-state index is 14.1. The molecule has 192 valence electrons. The number of amides is 1. The van der Waals surface area contributed by atoms with Gasteiger partial charge in [-0.2, -0.15) is 0 Å². The predicted molar refractivity (Wildman–Crippen MR) is 130 cm³/mol. The highest BCUT2D eigenvalue weighted by Crippen LogP contribution is 2.33. The molecule has 0 atom stereocenters. The zero-order chi connectivity index (χ0) is 26.0. The van der Waals surface area contributed by atoms with E-state index in [0.29, 0.717) is 13.1 Å². The van der Waals surface area contributed by atoms with Gasteiger partial charge in [-0.1, -0.05) is 30.2 Å². The van der Waals surface area contributed by atoms with E-state index < -0.39 is 36.1 Å². The van der Waals surface area contributed by atoms with Crippen molar-refractivity contribution in [1.29, 1.82) is 0 Å². The maximum absolute atomic E-state index is 14.1. The number of rotatable bonds is 6. The summed E-state index contributed by atoms with van der Waals surface area (Å²) in [6.45, 7) is 0.393. The highest BCUT2D eigenvalue weighted by atomic mass is 32.1. The summed E-state index contributed by atoms with van der Waals surface area (Å²) in [6.07, 6.45) is 2.07. The number of nitrogen functional groups attached to an aromatic ring is 1. The lowest BCUT2D eigenvalue weighted by atomic mass is 10.2. The lowest BCUT2D eigenvalue weighted by Crippen LogP contribution is -2.40. The van der Waals surface area contributed by atoms with Gasteiger partial charge >= 0.3 is 0 Å². The minimum absolute atomic E-state index is 0.0218. The third kappa shape index (κ3) is 7.39. The summed E-state index contributed by atoms with van der Waals surface area (Å²) in [5.74, 6) is -2.35. The van der Waals surface area contributed by atoms with Crippen LogP contribution in [0.2, 0.25) is 0 Å². The SMILES string of the molecule is CN.N/C=C(/NC(=O)c1nc(-c2c(F)cccc2F)sc1N)C(=NCC(F)F)N1CCCCCC1. The largest absolute Gasteiger partial charge is 0.403 e. The summed E-state index contributed by atoms with van der Waals surface area (Å²) < 4.78 is 54.0. The Kier molecular flexibility index (Phi) is 10.9. The van der Waals surface area contributed by atoms with E-state index >= 15 is 0 Å². The lowest BCUT2D eigenvalue weighted by Gasteiger charge is -2.26. The standard InChI is InChI=1S/C21H24F4N6OS.CH5N/c22-12-6-5-7-13(23)16(12)21-30-17(18(27)33-21)20(32)29-14(10-26)19(28-11-15(24)25)31-8-3-1-2-4-9-31;1-2/h5-7,10,15H,1-4,8-9,11,26-27H2,(H,29,32);2H2,1H3/b14-10+,28-19?;. The molecule has 8 nitrogen and oxygen atoms in total. The van der Waals surface area contributed by atoms with Gasteiger partial charge < -0.3 is 27.4 Å². The van der Waals surface area contributed by atoms with Crippen molar-refractivity contribution < 1.29 is 22.4 Å². The average molecular weight is 516 g/mol. The first-order valence-electron chi connectivity index (χ1n) is 10.9. The fraction of sp³-hybridized carbons (Fsp3) is 0.409. The summed E-state index contributed by atoms with van der Waals surface area (Å²) in [6, 6.07) is 3.34. The minimum Gasteiger partial charge on any atom is -0.403 e. The van der Waals surface area contributed by atoms with Crippen LogP contribution in [0, 0.1) is 11.6 Å². The van der Waals surface area contributed by atoms with Crippen LogP contribution in [0.25, 0.3) is 10.6 Å². The van der Waals surface area contributed by atoms with E-state index in [-0.39, 0.29) is 27.2 Å². The van der Waals surface area contributed by atoms with Crippen molar-refractivity contribution in [1.82, 2.24) is 15.2 Å². The molecule has 1 amide bonds. The summed E-state index contributed by atoms with van der Waals surface area (Å²) in [7, 11) is 1.50. The number of nitrogens with zero attached hydrogens (tertiary/aromatic N) is 3. The Labute approximate surface area is 204 Å². The number of benzene rings is 1. The van der Waals surface area contributed by atoms with E-state index in [1.807, 2.05) is 0 Å². The Morgan fingerprint density at radius 1 is 1.20 bits per heavy atom. The maximum Gasteiger partial charge on any atom is 0.277 e. The summed E-state index contributed by atoms with van der Waals surface area (Å²) in [5, 5.41) is 2.34. The first-order chi connectivity index (χ1) is 16.8. The molecule has 13 heteroatoms. The van der Waals surface area contributed by atoms with Gasteiger partial charge in [-0.05, 0) is 32.0 Å². The summed E-state index contributed by atoms with van der Waals surface area (Å²) in [4.78, 5) is 22.7. The molecular weight excluding hydrogens is 486 g/mol. The molecule has 2 aromatic rings. The monoisotopic (exact) mass is 515 g/mol. The molecule has 1 fully saturated rings. The van der Waals surface area contributed by atoms with E-state index in [9.17, 15) is 22.4 Å². The van der Waals surface area contributed by atoms with Crippen LogP contribution >= 0.6 is 11.3 Å². The molecule has 1 aliphatic rings. The fourth-order valence-corrected chi connectivity index (χ4v) is 4.33. The van der Waals surface area contributed by atoms with Crippen molar-refractivity contribution in [2.24, 2.45) is 16.5 Å². The molecule has 0 aliphatic carbocycles. The zero-order valence-corrected chi connectivity index (χ0v) is 20.1. The Balaban J connectivity index is 0.00000210. The van der Waals surface area contributed by atoms with E-state index in [2.05, 4.69) is 21.0 Å². The quantitative estimate of drug-likeness (QED) is 0.265. The first-order valence-corrected chi connectivity index (χ1v) is 11.7. The van der Waals surface area contributed by atoms with Crippen LogP contribution in [0.15, 0.2) is 35.1 Å². The van der Waals surface area contributed by atoms with Crippen molar-refractivity contribution in [3.8, 4) is 10.6 Å². The van der Waals surface area contributed by atoms with Gasteiger partial charge in [-0.25, -0.2) is 22.5 Å². The second-order valence-electron chi connectivity index (χ2n) is 7.32. The number of aromatic nitrogens is 1. The highest BCUT2D eigenvalue weighted by molar-refractivity contribution is 7.19. The number of nitrogens with one attached hydrogen (secondary N) is 1. The molecule has 1 saturated heterocycles. The molecule has 0 radical (unpaired) electrons. The number of hydrogen-bond acceptors (Lipinski definition) is 7. The average Bonchev–Trinajstić information content (AvgIpc) is 3.03. The van der Waals surface area contributed by atoms with Crippen LogP contribution in [0.4, 0.5) is 22.6 Å². The van der Waals surface area contributed by atoms with E-state index in [1.54, 1.807) is 4.90 Å². The van der Waals surface area contributed by atoms with Crippen LogP contribution in [-0.4, -0.2) is 54.7 Å². The lowest BCUT2D eigenvalue weighted by molar-refractivity contribution is 0.0964. The third-order valence-electron chi connectivity index (χ3n) is 4.99. The van der Waals surface area contributed by atoms with E-state index in [4.69, 9.17) is 11.5 Å². The first kappa shape index (κ1) is 28.1. The molecule has 0 unspecified atom stereocenters. The molecule has 0 spiro atoms. The van der Waals surface area contributed by atoms with Crippen LogP contribution in [0.5, 0.6) is 0 Å². The molecule has 0 saturated carbocycles. The molecule has 1 aromatic heterocycles. The van der Waals surface area contributed by atoms with Crippen molar-refractivity contribution in [3.05, 3.63) is 47.4 Å². The number of likely N-dealkylation sites (tertiary alicyclic amines) is 1. The molecule has 1 aliphatic heterocycles. The van der Waals surface area contributed by atoms with Gasteiger partial charge in [-0.15, -0.1) is 0 Å². The fourth-order valence-electron chi connectivity index (χ4n) is 3.45. The molecular formula is C22H29F4N7OS. The number of hydrogen-bond donors (Lipinski definition) is 4. The Bertz CT molecular complexity index is 1030. The number of amidine groups is 1. The molecule has 0 bridgehead atoms. The topological polar surface area (TPSA) is 136 Å². The van der Waals surface area contributed by atoms with Crippen LogP contribution in [-0.2, 0) is 0 Å². The van der Waals surface area contributed by atoms with Gasteiger partial charge in [0.1, 0.15) is 34.0 Å². The van der Waals surface area contributed by atoms with Gasteiger partial charge in [0.15, 0.2) is 5.69 Å². The molecule has 7 N–H and O–H groups in total. The number of halogens is 4. The summed E-state index contributed by atoms with van der Waals surface area (Å²) >= 11 is 0.747. The van der Waals surface area contributed by atoms with Crippen LogP contribution < -0.4 is 22.5 Å². The number of aliphatic imine (C=N–C) groups is 1. The predicted octanol–water partition coefficient (Wildman–Crippen LogP) is 3.31. The highest BCUT2D eigenvalue weighted by Gasteiger charge is 2.25.